The second-order valence-corrected chi connectivity index (χ2v) is 7.14. The zero-order chi connectivity index (χ0) is 14.8. The van der Waals surface area contributed by atoms with Crippen LogP contribution in [0, 0.1) is 0 Å². The molecular weight excluding hydrogens is 296 g/mol. The van der Waals surface area contributed by atoms with Gasteiger partial charge < -0.3 is 5.73 Å². The van der Waals surface area contributed by atoms with Crippen molar-refractivity contribution >= 4 is 27.2 Å². The van der Waals surface area contributed by atoms with Crippen molar-refractivity contribution in [2.45, 2.75) is 31.2 Å². The van der Waals surface area contributed by atoms with Crippen molar-refractivity contribution in [2.75, 3.05) is 5.73 Å². The number of thiazole rings is 1. The van der Waals surface area contributed by atoms with Crippen LogP contribution in [0.5, 0.6) is 0 Å². The number of pyridine rings is 1. The Morgan fingerprint density at radius 1 is 1.35 bits per heavy atom. The Balaban J connectivity index is 2.17. The highest BCUT2D eigenvalue weighted by atomic mass is 32.2. The first kappa shape index (κ1) is 14.9. The molecule has 8 heteroatoms. The maximum Gasteiger partial charge on any atom is 0.242 e. The number of hydrogen-bond acceptors (Lipinski definition) is 6. The van der Waals surface area contributed by atoms with Gasteiger partial charge in [-0.1, -0.05) is 6.92 Å². The van der Waals surface area contributed by atoms with Crippen LogP contribution in [0.4, 0.5) is 5.82 Å². The number of nitrogens with one attached hydrogen (secondary N) is 1. The van der Waals surface area contributed by atoms with Gasteiger partial charge in [0.2, 0.25) is 10.0 Å². The molecule has 6 nitrogen and oxygen atoms in total. The fourth-order valence-electron chi connectivity index (χ4n) is 1.59. The van der Waals surface area contributed by atoms with Crippen LogP contribution in [0.1, 0.15) is 29.8 Å². The molecule has 0 aliphatic heterocycles. The maximum atomic E-state index is 12.2. The molecule has 0 saturated carbocycles. The van der Waals surface area contributed by atoms with Crippen LogP contribution in [0.15, 0.2) is 29.4 Å². The van der Waals surface area contributed by atoms with Crippen LogP contribution in [0.25, 0.3) is 0 Å². The fourth-order valence-corrected chi connectivity index (χ4v) is 3.67. The van der Waals surface area contributed by atoms with E-state index in [1.807, 2.05) is 6.92 Å². The predicted molar refractivity (Wildman–Crippen MR) is 78.9 cm³/mol. The van der Waals surface area contributed by atoms with Crippen molar-refractivity contribution in [1.82, 2.24) is 14.7 Å². The summed E-state index contributed by atoms with van der Waals surface area (Å²) in [7, 11) is -3.62. The molecule has 0 aliphatic carbocycles. The lowest BCUT2D eigenvalue weighted by Gasteiger charge is -2.11. The molecule has 0 bridgehead atoms. The molecule has 0 fully saturated rings. The molecule has 2 aromatic rings. The lowest BCUT2D eigenvalue weighted by atomic mass is 10.4. The third-order valence-electron chi connectivity index (χ3n) is 2.69. The molecule has 108 valence electrons. The quantitative estimate of drug-likeness (QED) is 0.876. The second kappa shape index (κ2) is 5.86. The van der Waals surface area contributed by atoms with Crippen molar-refractivity contribution in [3.8, 4) is 0 Å². The van der Waals surface area contributed by atoms with Gasteiger partial charge in [-0.15, -0.1) is 11.3 Å². The summed E-state index contributed by atoms with van der Waals surface area (Å²) in [5.74, 6) is 0.282. The van der Waals surface area contributed by atoms with Gasteiger partial charge in [-0.25, -0.2) is 23.1 Å². The van der Waals surface area contributed by atoms with E-state index in [-0.39, 0.29) is 16.8 Å². The van der Waals surface area contributed by atoms with Gasteiger partial charge in [-0.3, -0.25) is 0 Å². The number of nitrogen functional groups attached to an aromatic ring is 1. The first-order valence-corrected chi connectivity index (χ1v) is 8.41. The predicted octanol–water partition coefficient (Wildman–Crippen LogP) is 1.72. The van der Waals surface area contributed by atoms with Gasteiger partial charge in [0.15, 0.2) is 0 Å². The third kappa shape index (κ3) is 3.33. The zero-order valence-electron chi connectivity index (χ0n) is 11.2. The van der Waals surface area contributed by atoms with Crippen LogP contribution in [0.2, 0.25) is 0 Å². The molecule has 0 spiro atoms. The molecule has 0 aliphatic rings. The first-order chi connectivity index (χ1) is 9.42. The molecule has 1 unspecified atom stereocenters. The lowest BCUT2D eigenvalue weighted by molar-refractivity contribution is 0.566. The van der Waals surface area contributed by atoms with Crippen molar-refractivity contribution < 1.29 is 8.42 Å². The summed E-state index contributed by atoms with van der Waals surface area (Å²) in [5.41, 5.74) is 5.45. The smallest absolute Gasteiger partial charge is 0.242 e. The van der Waals surface area contributed by atoms with Crippen molar-refractivity contribution in [3.05, 3.63) is 34.4 Å². The molecule has 0 saturated heterocycles. The maximum absolute atomic E-state index is 12.2. The summed E-state index contributed by atoms with van der Waals surface area (Å²) < 4.78 is 27.0. The normalized spacial score (nSPS) is 13.3. The fraction of sp³-hybridized carbons (Fsp3) is 0.333. The van der Waals surface area contributed by atoms with E-state index in [0.29, 0.717) is 0 Å². The molecule has 0 radical (unpaired) electrons. The van der Waals surface area contributed by atoms with Crippen molar-refractivity contribution in [1.29, 1.82) is 0 Å². The number of anilines is 1. The minimum absolute atomic E-state index is 0.0887. The monoisotopic (exact) mass is 312 g/mol. The Morgan fingerprint density at radius 3 is 2.65 bits per heavy atom. The van der Waals surface area contributed by atoms with E-state index < -0.39 is 10.0 Å². The highest BCUT2D eigenvalue weighted by molar-refractivity contribution is 7.89. The Kier molecular flexibility index (Phi) is 4.36. The molecule has 0 amide bonds. The molecule has 3 N–H and O–H groups in total. The van der Waals surface area contributed by atoms with Gasteiger partial charge in [0.1, 0.15) is 15.7 Å². The molecule has 0 aromatic carbocycles. The summed E-state index contributed by atoms with van der Waals surface area (Å²) in [5, 5.41) is 0.744. The Hall–Kier alpha value is -1.51. The molecule has 2 heterocycles. The van der Waals surface area contributed by atoms with Crippen LogP contribution in [0.3, 0.4) is 0 Å². The van der Waals surface area contributed by atoms with Gasteiger partial charge in [-0.05, 0) is 25.5 Å². The van der Waals surface area contributed by atoms with E-state index in [1.165, 1.54) is 29.7 Å². The van der Waals surface area contributed by atoms with E-state index in [9.17, 15) is 8.42 Å². The minimum atomic E-state index is -3.62. The molecule has 2 aromatic heterocycles. The highest BCUT2D eigenvalue weighted by Gasteiger charge is 2.20. The second-order valence-electron chi connectivity index (χ2n) is 4.28. The van der Waals surface area contributed by atoms with Gasteiger partial charge in [-0.2, -0.15) is 0 Å². The number of nitrogens with two attached hydrogens (primary N) is 1. The third-order valence-corrected chi connectivity index (χ3v) is 5.54. The number of aromatic nitrogens is 2. The summed E-state index contributed by atoms with van der Waals surface area (Å²) in [4.78, 5) is 9.24. The van der Waals surface area contributed by atoms with Crippen LogP contribution >= 0.6 is 11.3 Å². The first-order valence-electron chi connectivity index (χ1n) is 6.11. The van der Waals surface area contributed by atoms with Gasteiger partial charge in [0.25, 0.3) is 0 Å². The van der Waals surface area contributed by atoms with Crippen LogP contribution in [-0.2, 0) is 16.4 Å². The summed E-state index contributed by atoms with van der Waals surface area (Å²) in [6.07, 6.45) is 3.90. The number of nitrogens with zero attached hydrogens (tertiary/aromatic N) is 2. The van der Waals surface area contributed by atoms with Gasteiger partial charge in [0, 0.05) is 17.3 Å². The Labute approximate surface area is 122 Å². The Bertz CT molecular complexity index is 680. The number of aryl methyl sites for hydroxylation is 1. The number of hydrogen-bond donors (Lipinski definition) is 2. The van der Waals surface area contributed by atoms with Crippen LogP contribution in [-0.4, -0.2) is 18.4 Å². The molecule has 2 rings (SSSR count). The van der Waals surface area contributed by atoms with E-state index in [0.717, 1.165) is 16.3 Å². The van der Waals surface area contributed by atoms with E-state index in [2.05, 4.69) is 14.7 Å². The standard InChI is InChI=1S/C12H16N4O2S2/c1-3-9-6-15-12(19-9)8(2)16-20(17,18)10-4-5-11(13)14-7-10/h4-8,16H,3H2,1-2H3,(H2,13,14). The van der Waals surface area contributed by atoms with Crippen LogP contribution < -0.4 is 10.5 Å². The summed E-state index contributed by atoms with van der Waals surface area (Å²) in [6, 6.07) is 2.50. The average Bonchev–Trinajstić information content (AvgIpc) is 2.87. The van der Waals surface area contributed by atoms with Crippen molar-refractivity contribution in [2.24, 2.45) is 0 Å². The number of rotatable bonds is 5. The van der Waals surface area contributed by atoms with Gasteiger partial charge in [0.05, 0.1) is 6.04 Å². The van der Waals surface area contributed by atoms with E-state index in [4.69, 9.17) is 5.73 Å². The average molecular weight is 312 g/mol. The topological polar surface area (TPSA) is 98.0 Å². The van der Waals surface area contributed by atoms with E-state index >= 15 is 0 Å². The van der Waals surface area contributed by atoms with Gasteiger partial charge >= 0.3 is 0 Å². The Morgan fingerprint density at radius 2 is 2.10 bits per heavy atom. The lowest BCUT2D eigenvalue weighted by Crippen LogP contribution is -2.26. The SMILES string of the molecule is CCc1cnc(C(C)NS(=O)(=O)c2ccc(N)nc2)s1. The largest absolute Gasteiger partial charge is 0.384 e. The van der Waals surface area contributed by atoms with E-state index in [1.54, 1.807) is 13.1 Å². The highest BCUT2D eigenvalue weighted by Crippen LogP contribution is 2.22. The van der Waals surface area contributed by atoms with Crippen molar-refractivity contribution in [3.63, 3.8) is 0 Å². The molecule has 20 heavy (non-hydrogen) atoms. The molecule has 1 atom stereocenters. The molecular formula is C12H16N4O2S2. The minimum Gasteiger partial charge on any atom is -0.384 e. The zero-order valence-corrected chi connectivity index (χ0v) is 12.8. The summed E-state index contributed by atoms with van der Waals surface area (Å²) >= 11 is 1.51. The number of sulfonamides is 1. The summed E-state index contributed by atoms with van der Waals surface area (Å²) in [6.45, 7) is 3.80.